The van der Waals surface area contributed by atoms with E-state index in [1.165, 1.54) is 0 Å². The van der Waals surface area contributed by atoms with Crippen molar-refractivity contribution >= 4 is 22.5 Å². The topological polar surface area (TPSA) is 73.4 Å². The predicted molar refractivity (Wildman–Crippen MR) is 95.5 cm³/mol. The van der Waals surface area contributed by atoms with Gasteiger partial charge in [0.2, 0.25) is 0 Å². The van der Waals surface area contributed by atoms with Crippen LogP contribution in [-0.4, -0.2) is 47.3 Å². The summed E-state index contributed by atoms with van der Waals surface area (Å²) in [6, 6.07) is 5.00. The zero-order valence-corrected chi connectivity index (χ0v) is 14.6. The third-order valence-electron chi connectivity index (χ3n) is 4.33. The van der Waals surface area contributed by atoms with Gasteiger partial charge in [-0.3, -0.25) is 14.3 Å². The minimum absolute atomic E-state index is 0.111. The van der Waals surface area contributed by atoms with Crippen LogP contribution >= 0.6 is 11.6 Å². The summed E-state index contributed by atoms with van der Waals surface area (Å²) >= 11 is 6.22. The Kier molecular flexibility index (Phi) is 5.50. The minimum atomic E-state index is -0.315. The molecule has 2 N–H and O–H groups in total. The fourth-order valence-electron chi connectivity index (χ4n) is 3.08. The van der Waals surface area contributed by atoms with Crippen molar-refractivity contribution in [1.82, 2.24) is 14.5 Å². The number of aromatic nitrogens is 2. The molecule has 0 amide bonds. The molecule has 2 heterocycles. The van der Waals surface area contributed by atoms with Gasteiger partial charge in [-0.15, -0.1) is 0 Å². The number of ether oxygens (including phenoxy) is 1. The Labute approximate surface area is 146 Å². The van der Waals surface area contributed by atoms with Crippen LogP contribution in [0.4, 0.5) is 0 Å². The van der Waals surface area contributed by atoms with Crippen molar-refractivity contribution in [3.05, 3.63) is 39.4 Å². The van der Waals surface area contributed by atoms with E-state index in [-0.39, 0.29) is 11.6 Å². The highest BCUT2D eigenvalue weighted by Gasteiger charge is 2.16. The van der Waals surface area contributed by atoms with Gasteiger partial charge in [0.25, 0.3) is 5.56 Å². The molecule has 0 saturated carbocycles. The molecule has 0 spiro atoms. The summed E-state index contributed by atoms with van der Waals surface area (Å²) in [5.74, 6) is 0.608. The van der Waals surface area contributed by atoms with Crippen molar-refractivity contribution in [2.75, 3.05) is 32.8 Å². The van der Waals surface area contributed by atoms with Crippen LogP contribution in [0.3, 0.4) is 0 Å². The normalized spacial score (nSPS) is 17.3. The Bertz CT molecular complexity index is 769. The van der Waals surface area contributed by atoms with Gasteiger partial charge in [0.05, 0.1) is 35.2 Å². The second-order valence-electron chi connectivity index (χ2n) is 6.16. The summed E-state index contributed by atoms with van der Waals surface area (Å²) in [5.41, 5.74) is 6.53. The third kappa shape index (κ3) is 3.62. The van der Waals surface area contributed by atoms with Crippen molar-refractivity contribution < 1.29 is 4.74 Å². The van der Waals surface area contributed by atoms with E-state index in [1.807, 2.05) is 6.92 Å². The van der Waals surface area contributed by atoms with Crippen LogP contribution in [0.25, 0.3) is 10.9 Å². The van der Waals surface area contributed by atoms with Crippen molar-refractivity contribution in [3.8, 4) is 0 Å². The third-order valence-corrected chi connectivity index (χ3v) is 4.64. The van der Waals surface area contributed by atoms with E-state index in [0.29, 0.717) is 28.3 Å². The largest absolute Gasteiger partial charge is 0.379 e. The lowest BCUT2D eigenvalue weighted by molar-refractivity contribution is 0.0368. The monoisotopic (exact) mass is 350 g/mol. The molecule has 1 aromatic carbocycles. The summed E-state index contributed by atoms with van der Waals surface area (Å²) in [7, 11) is 0. The van der Waals surface area contributed by atoms with Crippen LogP contribution < -0.4 is 11.3 Å². The Hall–Kier alpha value is -1.47. The molecule has 3 rings (SSSR count). The van der Waals surface area contributed by atoms with Crippen LogP contribution in [0.5, 0.6) is 0 Å². The molecule has 1 saturated heterocycles. The van der Waals surface area contributed by atoms with Crippen LogP contribution in [0, 0.1) is 0 Å². The van der Waals surface area contributed by atoms with Gasteiger partial charge in [-0.1, -0.05) is 17.7 Å². The molecule has 1 aliphatic rings. The van der Waals surface area contributed by atoms with Gasteiger partial charge in [-0.05, 0) is 25.5 Å². The van der Waals surface area contributed by atoms with Gasteiger partial charge >= 0.3 is 0 Å². The lowest BCUT2D eigenvalue weighted by atomic mass is 10.2. The fourth-order valence-corrected chi connectivity index (χ4v) is 3.33. The number of rotatable bonds is 5. The summed E-state index contributed by atoms with van der Waals surface area (Å²) in [6.45, 7) is 6.79. The van der Waals surface area contributed by atoms with E-state index < -0.39 is 0 Å². The standard InChI is InChI=1S/C17H23ClN4O2/c1-12(19)16-20-14-5-2-4-13(18)15(14)17(23)22(16)7-3-6-21-8-10-24-11-9-21/h2,4-5,12H,3,6-11,19H2,1H3/t12-/m0/s1. The van der Waals surface area contributed by atoms with Gasteiger partial charge in [0.15, 0.2) is 0 Å². The van der Waals surface area contributed by atoms with Gasteiger partial charge in [0.1, 0.15) is 5.82 Å². The molecular weight excluding hydrogens is 328 g/mol. The zero-order chi connectivity index (χ0) is 17.1. The van der Waals surface area contributed by atoms with E-state index >= 15 is 0 Å². The van der Waals surface area contributed by atoms with E-state index in [2.05, 4.69) is 9.88 Å². The number of morpholine rings is 1. The highest BCUT2D eigenvalue weighted by molar-refractivity contribution is 6.35. The molecule has 1 fully saturated rings. The number of nitrogens with two attached hydrogens (primary N) is 1. The lowest BCUT2D eigenvalue weighted by Gasteiger charge is -2.26. The van der Waals surface area contributed by atoms with Crippen molar-refractivity contribution in [1.29, 1.82) is 0 Å². The molecule has 0 aliphatic carbocycles. The molecule has 0 unspecified atom stereocenters. The molecule has 24 heavy (non-hydrogen) atoms. The molecule has 6 nitrogen and oxygen atoms in total. The van der Waals surface area contributed by atoms with Gasteiger partial charge < -0.3 is 10.5 Å². The lowest BCUT2D eigenvalue weighted by Crippen LogP contribution is -2.37. The molecule has 1 aliphatic heterocycles. The number of nitrogens with zero attached hydrogens (tertiary/aromatic N) is 3. The first-order valence-electron chi connectivity index (χ1n) is 8.32. The second kappa shape index (κ2) is 7.61. The molecular formula is C17H23ClN4O2. The Morgan fingerprint density at radius 3 is 2.79 bits per heavy atom. The van der Waals surface area contributed by atoms with Crippen LogP contribution in [0.1, 0.15) is 25.2 Å². The van der Waals surface area contributed by atoms with Crippen LogP contribution in [0.2, 0.25) is 5.02 Å². The van der Waals surface area contributed by atoms with Crippen LogP contribution in [-0.2, 0) is 11.3 Å². The maximum Gasteiger partial charge on any atom is 0.262 e. The highest BCUT2D eigenvalue weighted by atomic mass is 35.5. The number of hydrogen-bond donors (Lipinski definition) is 1. The maximum absolute atomic E-state index is 12.9. The first-order valence-corrected chi connectivity index (χ1v) is 8.70. The number of halogens is 1. The predicted octanol–water partition coefficient (Wildman–Crippen LogP) is 1.79. The first kappa shape index (κ1) is 17.4. The zero-order valence-electron chi connectivity index (χ0n) is 13.9. The average molecular weight is 351 g/mol. The van der Waals surface area contributed by atoms with Crippen molar-refractivity contribution in [2.45, 2.75) is 25.9 Å². The summed E-state index contributed by atoms with van der Waals surface area (Å²) in [5, 5.41) is 0.901. The molecule has 130 valence electrons. The average Bonchev–Trinajstić information content (AvgIpc) is 2.57. The van der Waals surface area contributed by atoms with Gasteiger partial charge in [-0.25, -0.2) is 4.98 Å². The van der Waals surface area contributed by atoms with Crippen molar-refractivity contribution in [3.63, 3.8) is 0 Å². The quantitative estimate of drug-likeness (QED) is 0.890. The van der Waals surface area contributed by atoms with E-state index in [1.54, 1.807) is 22.8 Å². The molecule has 7 heteroatoms. The Balaban J connectivity index is 1.87. The molecule has 0 radical (unpaired) electrons. The number of benzene rings is 1. The smallest absolute Gasteiger partial charge is 0.262 e. The van der Waals surface area contributed by atoms with Gasteiger partial charge in [-0.2, -0.15) is 0 Å². The van der Waals surface area contributed by atoms with E-state index in [0.717, 1.165) is 39.3 Å². The minimum Gasteiger partial charge on any atom is -0.379 e. The summed E-state index contributed by atoms with van der Waals surface area (Å²) < 4.78 is 7.04. The SMILES string of the molecule is C[C@H](N)c1nc2cccc(Cl)c2c(=O)n1CCCN1CCOCC1. The molecule has 2 aromatic rings. The molecule has 1 atom stereocenters. The Morgan fingerprint density at radius 1 is 1.33 bits per heavy atom. The van der Waals surface area contributed by atoms with Crippen molar-refractivity contribution in [2.24, 2.45) is 5.73 Å². The maximum atomic E-state index is 12.9. The number of hydrogen-bond acceptors (Lipinski definition) is 5. The Morgan fingerprint density at radius 2 is 2.08 bits per heavy atom. The van der Waals surface area contributed by atoms with Crippen LogP contribution in [0.15, 0.2) is 23.0 Å². The summed E-state index contributed by atoms with van der Waals surface area (Å²) in [4.78, 5) is 19.8. The molecule has 1 aromatic heterocycles. The summed E-state index contributed by atoms with van der Waals surface area (Å²) in [6.07, 6.45) is 0.858. The van der Waals surface area contributed by atoms with E-state index in [9.17, 15) is 4.79 Å². The second-order valence-corrected chi connectivity index (χ2v) is 6.56. The molecule has 0 bridgehead atoms. The highest BCUT2D eigenvalue weighted by Crippen LogP contribution is 2.20. The first-order chi connectivity index (χ1) is 11.6. The number of fused-ring (bicyclic) bond motifs is 1. The van der Waals surface area contributed by atoms with E-state index in [4.69, 9.17) is 22.1 Å². The van der Waals surface area contributed by atoms with Gasteiger partial charge in [0, 0.05) is 26.2 Å². The fraction of sp³-hybridized carbons (Fsp3) is 0.529.